The maximum Gasteiger partial charge on any atom is 0.216 e. The van der Waals surface area contributed by atoms with Gasteiger partial charge in [-0.2, -0.15) is 5.10 Å². The maximum atomic E-state index is 12.2. The summed E-state index contributed by atoms with van der Waals surface area (Å²) in [6, 6.07) is 13.7. The summed E-state index contributed by atoms with van der Waals surface area (Å²) >= 11 is 0. The Balaban J connectivity index is 1.64. The van der Waals surface area contributed by atoms with E-state index in [0.29, 0.717) is 13.1 Å². The van der Waals surface area contributed by atoms with Crippen LogP contribution in [0.1, 0.15) is 30.5 Å². The Bertz CT molecular complexity index is 980. The van der Waals surface area contributed by atoms with Gasteiger partial charge in [0.25, 0.3) is 0 Å². The van der Waals surface area contributed by atoms with E-state index in [0.717, 1.165) is 27.6 Å². The van der Waals surface area contributed by atoms with Crippen molar-refractivity contribution in [2.24, 2.45) is 0 Å². The van der Waals surface area contributed by atoms with E-state index < -0.39 is 10.0 Å². The van der Waals surface area contributed by atoms with Crippen molar-refractivity contribution in [3.05, 3.63) is 65.4 Å². The van der Waals surface area contributed by atoms with E-state index in [1.165, 1.54) is 0 Å². The standard InChI is InChI=1S/C19H24N4O2S/c1-14(2)23-26(24,25)13-18-6-4-3-5-16(18)11-20-10-15-7-8-17-12-21-22-19(17)9-15/h3-9,12,14,20,23H,10-11,13H2,1-2H3,(H,21,22). The fraction of sp³-hybridized carbons (Fsp3) is 0.316. The highest BCUT2D eigenvalue weighted by Gasteiger charge is 2.15. The summed E-state index contributed by atoms with van der Waals surface area (Å²) in [4.78, 5) is 0. The topological polar surface area (TPSA) is 86.9 Å². The Morgan fingerprint density at radius 1 is 1.08 bits per heavy atom. The first-order valence-electron chi connectivity index (χ1n) is 8.62. The van der Waals surface area contributed by atoms with Crippen LogP contribution in [0.25, 0.3) is 10.9 Å². The number of hydrogen-bond donors (Lipinski definition) is 3. The summed E-state index contributed by atoms with van der Waals surface area (Å²) in [7, 11) is -3.34. The molecule has 0 radical (unpaired) electrons. The van der Waals surface area contributed by atoms with Crippen LogP contribution in [-0.2, 0) is 28.9 Å². The fourth-order valence-corrected chi connectivity index (χ4v) is 4.40. The van der Waals surface area contributed by atoms with Gasteiger partial charge in [0.2, 0.25) is 10.0 Å². The number of nitrogens with one attached hydrogen (secondary N) is 3. The van der Waals surface area contributed by atoms with Gasteiger partial charge in [0, 0.05) is 24.5 Å². The molecule has 1 aromatic heterocycles. The molecule has 0 saturated heterocycles. The van der Waals surface area contributed by atoms with Crippen molar-refractivity contribution in [2.75, 3.05) is 0 Å². The average Bonchev–Trinajstić information content (AvgIpc) is 3.02. The van der Waals surface area contributed by atoms with Gasteiger partial charge in [0.15, 0.2) is 0 Å². The molecule has 3 N–H and O–H groups in total. The van der Waals surface area contributed by atoms with E-state index in [2.05, 4.69) is 32.4 Å². The van der Waals surface area contributed by atoms with E-state index in [9.17, 15) is 8.42 Å². The van der Waals surface area contributed by atoms with E-state index >= 15 is 0 Å². The van der Waals surface area contributed by atoms with Crippen molar-refractivity contribution in [3.8, 4) is 0 Å². The molecule has 26 heavy (non-hydrogen) atoms. The molecule has 0 spiro atoms. The third-order valence-corrected chi connectivity index (χ3v) is 5.55. The zero-order valence-electron chi connectivity index (χ0n) is 15.0. The molecule has 3 aromatic rings. The highest BCUT2D eigenvalue weighted by atomic mass is 32.2. The van der Waals surface area contributed by atoms with Crippen molar-refractivity contribution in [3.63, 3.8) is 0 Å². The predicted molar refractivity (Wildman–Crippen MR) is 104 cm³/mol. The second-order valence-corrected chi connectivity index (χ2v) is 8.45. The van der Waals surface area contributed by atoms with E-state index in [1.807, 2.05) is 44.2 Å². The number of sulfonamides is 1. The van der Waals surface area contributed by atoms with Gasteiger partial charge in [-0.1, -0.05) is 36.4 Å². The van der Waals surface area contributed by atoms with Crippen LogP contribution in [0, 0.1) is 0 Å². The molecule has 6 nitrogen and oxygen atoms in total. The van der Waals surface area contributed by atoms with Gasteiger partial charge in [-0.15, -0.1) is 0 Å². The first-order chi connectivity index (χ1) is 12.4. The molecule has 0 fully saturated rings. The Hall–Kier alpha value is -2.22. The van der Waals surface area contributed by atoms with Crippen molar-refractivity contribution in [2.45, 2.75) is 38.7 Å². The quantitative estimate of drug-likeness (QED) is 0.567. The monoisotopic (exact) mass is 372 g/mol. The predicted octanol–water partition coefficient (Wildman–Crippen LogP) is 2.68. The second-order valence-electron chi connectivity index (χ2n) is 6.70. The number of fused-ring (bicyclic) bond motifs is 1. The zero-order valence-corrected chi connectivity index (χ0v) is 15.8. The van der Waals surface area contributed by atoms with Crippen LogP contribution in [0.4, 0.5) is 0 Å². The number of nitrogens with zero attached hydrogens (tertiary/aromatic N) is 1. The lowest BCUT2D eigenvalue weighted by molar-refractivity contribution is 0.568. The Labute approximate surface area is 154 Å². The summed E-state index contributed by atoms with van der Waals surface area (Å²) < 4.78 is 27.1. The normalized spacial score (nSPS) is 12.1. The molecule has 3 rings (SSSR count). The molecule has 0 bridgehead atoms. The van der Waals surface area contributed by atoms with Crippen LogP contribution in [0.5, 0.6) is 0 Å². The smallest absolute Gasteiger partial charge is 0.216 e. The fourth-order valence-electron chi connectivity index (χ4n) is 2.91. The van der Waals surface area contributed by atoms with Crippen molar-refractivity contribution >= 4 is 20.9 Å². The maximum absolute atomic E-state index is 12.2. The summed E-state index contributed by atoms with van der Waals surface area (Å²) in [5, 5.41) is 11.5. The largest absolute Gasteiger partial charge is 0.309 e. The highest BCUT2D eigenvalue weighted by molar-refractivity contribution is 7.88. The molecule has 0 aliphatic heterocycles. The molecule has 7 heteroatoms. The second kappa shape index (κ2) is 7.99. The van der Waals surface area contributed by atoms with Crippen LogP contribution >= 0.6 is 0 Å². The zero-order chi connectivity index (χ0) is 18.6. The van der Waals surface area contributed by atoms with Crippen LogP contribution in [0.2, 0.25) is 0 Å². The minimum atomic E-state index is -3.34. The third kappa shape index (κ3) is 4.91. The lowest BCUT2D eigenvalue weighted by Crippen LogP contribution is -2.31. The molecule has 0 unspecified atom stereocenters. The third-order valence-electron chi connectivity index (χ3n) is 4.03. The van der Waals surface area contributed by atoms with Gasteiger partial charge in [0.05, 0.1) is 17.5 Å². The molecule has 0 amide bonds. The van der Waals surface area contributed by atoms with Crippen LogP contribution in [-0.4, -0.2) is 24.7 Å². The number of benzene rings is 2. The van der Waals surface area contributed by atoms with Crippen molar-refractivity contribution in [1.82, 2.24) is 20.2 Å². The molecule has 0 aliphatic rings. The van der Waals surface area contributed by atoms with Crippen LogP contribution in [0.15, 0.2) is 48.7 Å². The Morgan fingerprint density at radius 3 is 2.62 bits per heavy atom. The van der Waals surface area contributed by atoms with Gasteiger partial charge >= 0.3 is 0 Å². The minimum Gasteiger partial charge on any atom is -0.309 e. The van der Waals surface area contributed by atoms with Crippen molar-refractivity contribution < 1.29 is 8.42 Å². The van der Waals surface area contributed by atoms with Gasteiger partial charge in [-0.25, -0.2) is 13.1 Å². The lowest BCUT2D eigenvalue weighted by atomic mass is 10.1. The summed E-state index contributed by atoms with van der Waals surface area (Å²) in [6.45, 7) is 4.94. The molecule has 0 atom stereocenters. The molecule has 2 aromatic carbocycles. The number of hydrogen-bond acceptors (Lipinski definition) is 4. The van der Waals surface area contributed by atoms with Crippen LogP contribution in [0.3, 0.4) is 0 Å². The number of aromatic nitrogens is 2. The highest BCUT2D eigenvalue weighted by Crippen LogP contribution is 2.15. The molecule has 0 aliphatic carbocycles. The van der Waals surface area contributed by atoms with Gasteiger partial charge in [-0.05, 0) is 36.6 Å². The number of H-pyrrole nitrogens is 1. The minimum absolute atomic E-state index is 0.0108. The number of aromatic amines is 1. The molecule has 0 saturated carbocycles. The van der Waals surface area contributed by atoms with E-state index in [1.54, 1.807) is 6.20 Å². The first-order valence-corrected chi connectivity index (χ1v) is 10.3. The molecular weight excluding hydrogens is 348 g/mol. The molecule has 138 valence electrons. The van der Waals surface area contributed by atoms with E-state index in [-0.39, 0.29) is 11.8 Å². The summed E-state index contributed by atoms with van der Waals surface area (Å²) in [5.41, 5.74) is 3.96. The SMILES string of the molecule is CC(C)NS(=O)(=O)Cc1ccccc1CNCc1ccc2cn[nH]c2c1. The van der Waals surface area contributed by atoms with Gasteiger partial charge < -0.3 is 5.32 Å². The Kier molecular flexibility index (Phi) is 5.70. The van der Waals surface area contributed by atoms with Crippen molar-refractivity contribution in [1.29, 1.82) is 0 Å². The summed E-state index contributed by atoms with van der Waals surface area (Å²) in [6.07, 6.45) is 1.80. The molecule has 1 heterocycles. The van der Waals surface area contributed by atoms with Gasteiger partial charge in [0.1, 0.15) is 0 Å². The van der Waals surface area contributed by atoms with E-state index in [4.69, 9.17) is 0 Å². The lowest BCUT2D eigenvalue weighted by Gasteiger charge is -2.13. The average molecular weight is 372 g/mol. The Morgan fingerprint density at radius 2 is 1.85 bits per heavy atom. The summed E-state index contributed by atoms with van der Waals surface area (Å²) in [5.74, 6) is -0.0108. The first kappa shape index (κ1) is 18.6. The van der Waals surface area contributed by atoms with Crippen LogP contribution < -0.4 is 10.0 Å². The van der Waals surface area contributed by atoms with Gasteiger partial charge in [-0.3, -0.25) is 5.10 Å². The number of rotatable bonds is 8. The molecular formula is C19H24N4O2S.